The molecule has 22 heavy (non-hydrogen) atoms. The van der Waals surface area contributed by atoms with Crippen molar-refractivity contribution < 1.29 is 20.4 Å². The largest absolute Gasteiger partial charge is 0.412 e. The number of aromatic nitrogens is 1. The lowest BCUT2D eigenvalue weighted by Crippen LogP contribution is -2.05. The Kier molecular flexibility index (Phi) is 5.61. The Balaban J connectivity index is 0.00000242. The van der Waals surface area contributed by atoms with Crippen LogP contribution in [0.5, 0.6) is 0 Å². The van der Waals surface area contributed by atoms with Crippen LogP contribution in [0.25, 0.3) is 0 Å². The van der Waals surface area contributed by atoms with Crippen molar-refractivity contribution in [2.24, 2.45) is 0 Å². The standard InChI is InChI=1S/C13H11N3O5.H2O/c17-13(9-3-5-14-6-4-9)7-10-1-2-11(15(18)19)8-12(10)16(20)21;/h1-6,8,13,17H,7H2;1H2/t13-;/m0./s1. The first-order valence-corrected chi connectivity index (χ1v) is 5.98. The third-order valence-electron chi connectivity index (χ3n) is 2.98. The van der Waals surface area contributed by atoms with Gasteiger partial charge in [0.05, 0.1) is 22.0 Å². The van der Waals surface area contributed by atoms with Gasteiger partial charge in [-0.2, -0.15) is 0 Å². The fourth-order valence-electron chi connectivity index (χ4n) is 1.92. The molecule has 0 aliphatic rings. The third-order valence-corrected chi connectivity index (χ3v) is 2.98. The van der Waals surface area contributed by atoms with Gasteiger partial charge < -0.3 is 10.6 Å². The average Bonchev–Trinajstić information content (AvgIpc) is 2.48. The van der Waals surface area contributed by atoms with E-state index in [1.165, 1.54) is 24.5 Å². The lowest BCUT2D eigenvalue weighted by molar-refractivity contribution is -0.394. The summed E-state index contributed by atoms with van der Waals surface area (Å²) in [5.74, 6) is 0. The number of hydrogen-bond donors (Lipinski definition) is 1. The highest BCUT2D eigenvalue weighted by atomic mass is 16.6. The van der Waals surface area contributed by atoms with Crippen molar-refractivity contribution in [3.05, 3.63) is 74.1 Å². The Bertz CT molecular complexity index is 677. The molecule has 0 aliphatic carbocycles. The van der Waals surface area contributed by atoms with Crippen LogP contribution in [0.15, 0.2) is 42.7 Å². The highest BCUT2D eigenvalue weighted by molar-refractivity contribution is 5.49. The van der Waals surface area contributed by atoms with Gasteiger partial charge in [0.25, 0.3) is 11.4 Å². The van der Waals surface area contributed by atoms with Gasteiger partial charge in [0, 0.05) is 30.4 Å². The number of aliphatic hydroxyl groups excluding tert-OH is 1. The molecule has 0 bridgehead atoms. The predicted octanol–water partition coefficient (Wildman–Crippen LogP) is 1.35. The van der Waals surface area contributed by atoms with Crippen LogP contribution >= 0.6 is 0 Å². The van der Waals surface area contributed by atoms with Gasteiger partial charge in [0.1, 0.15) is 0 Å². The number of nitro groups is 2. The van der Waals surface area contributed by atoms with Crippen molar-refractivity contribution >= 4 is 11.4 Å². The molecule has 0 saturated carbocycles. The zero-order chi connectivity index (χ0) is 15.4. The lowest BCUT2D eigenvalue weighted by atomic mass is 10.0. The third kappa shape index (κ3) is 3.81. The number of rotatable bonds is 5. The van der Waals surface area contributed by atoms with E-state index in [-0.39, 0.29) is 28.8 Å². The first kappa shape index (κ1) is 17.1. The molecular formula is C13H13N3O6. The number of benzene rings is 1. The Morgan fingerprint density at radius 3 is 2.27 bits per heavy atom. The van der Waals surface area contributed by atoms with Crippen LogP contribution < -0.4 is 0 Å². The minimum absolute atomic E-state index is 0. The number of hydrogen-bond acceptors (Lipinski definition) is 6. The van der Waals surface area contributed by atoms with Crippen LogP contribution in [0.1, 0.15) is 17.2 Å². The average molecular weight is 307 g/mol. The minimum atomic E-state index is -0.951. The molecule has 0 saturated heterocycles. The smallest absolute Gasteiger partial charge is 0.279 e. The first-order chi connectivity index (χ1) is 9.99. The zero-order valence-corrected chi connectivity index (χ0v) is 11.2. The van der Waals surface area contributed by atoms with E-state index in [2.05, 4.69) is 4.98 Å². The number of non-ortho nitro benzene ring substituents is 1. The van der Waals surface area contributed by atoms with Gasteiger partial charge in [0.15, 0.2) is 0 Å². The summed E-state index contributed by atoms with van der Waals surface area (Å²) in [6.45, 7) is 0. The van der Waals surface area contributed by atoms with Crippen LogP contribution in [0.4, 0.5) is 11.4 Å². The topological polar surface area (TPSA) is 151 Å². The van der Waals surface area contributed by atoms with Gasteiger partial charge in [-0.3, -0.25) is 25.2 Å². The molecule has 0 aliphatic heterocycles. The second-order valence-electron chi connectivity index (χ2n) is 4.33. The molecule has 0 spiro atoms. The summed E-state index contributed by atoms with van der Waals surface area (Å²) in [4.78, 5) is 24.1. The molecule has 1 aromatic heterocycles. The van der Waals surface area contributed by atoms with Gasteiger partial charge in [0.2, 0.25) is 0 Å². The van der Waals surface area contributed by atoms with Crippen LogP contribution in [-0.2, 0) is 6.42 Å². The van der Waals surface area contributed by atoms with Crippen molar-refractivity contribution in [3.8, 4) is 0 Å². The summed E-state index contributed by atoms with van der Waals surface area (Å²) in [7, 11) is 0. The van der Waals surface area contributed by atoms with E-state index in [1.54, 1.807) is 12.1 Å². The molecule has 0 radical (unpaired) electrons. The molecule has 2 rings (SSSR count). The summed E-state index contributed by atoms with van der Waals surface area (Å²) >= 11 is 0. The summed E-state index contributed by atoms with van der Waals surface area (Å²) in [6, 6.07) is 6.57. The highest BCUT2D eigenvalue weighted by Gasteiger charge is 2.21. The van der Waals surface area contributed by atoms with E-state index in [4.69, 9.17) is 0 Å². The summed E-state index contributed by atoms with van der Waals surface area (Å²) in [6.07, 6.45) is 2.04. The summed E-state index contributed by atoms with van der Waals surface area (Å²) in [5, 5.41) is 31.7. The van der Waals surface area contributed by atoms with Crippen LogP contribution in [-0.4, -0.2) is 25.4 Å². The van der Waals surface area contributed by atoms with Crippen molar-refractivity contribution in [1.82, 2.24) is 4.98 Å². The summed E-state index contributed by atoms with van der Waals surface area (Å²) < 4.78 is 0. The van der Waals surface area contributed by atoms with Gasteiger partial charge in [-0.25, -0.2) is 0 Å². The second-order valence-corrected chi connectivity index (χ2v) is 4.33. The van der Waals surface area contributed by atoms with Crippen LogP contribution in [0.3, 0.4) is 0 Å². The number of nitrogens with zero attached hydrogens (tertiary/aromatic N) is 3. The fraction of sp³-hybridized carbons (Fsp3) is 0.154. The minimum Gasteiger partial charge on any atom is -0.412 e. The molecule has 1 heterocycles. The molecule has 0 unspecified atom stereocenters. The van der Waals surface area contributed by atoms with Crippen molar-refractivity contribution in [2.45, 2.75) is 12.5 Å². The second kappa shape index (κ2) is 7.20. The Morgan fingerprint density at radius 1 is 1.09 bits per heavy atom. The molecule has 1 atom stereocenters. The maximum Gasteiger partial charge on any atom is 0.279 e. The molecule has 3 N–H and O–H groups in total. The van der Waals surface area contributed by atoms with Gasteiger partial charge in [-0.1, -0.05) is 0 Å². The molecule has 116 valence electrons. The number of aliphatic hydroxyl groups is 1. The monoisotopic (exact) mass is 307 g/mol. The van der Waals surface area contributed by atoms with E-state index < -0.39 is 16.0 Å². The van der Waals surface area contributed by atoms with E-state index >= 15 is 0 Å². The summed E-state index contributed by atoms with van der Waals surface area (Å²) in [5.41, 5.74) is 0.0636. The van der Waals surface area contributed by atoms with E-state index in [0.29, 0.717) is 5.56 Å². The molecule has 9 heteroatoms. The molecule has 2 aromatic rings. The van der Waals surface area contributed by atoms with Crippen molar-refractivity contribution in [2.75, 3.05) is 0 Å². The molecule has 0 fully saturated rings. The fourth-order valence-corrected chi connectivity index (χ4v) is 1.92. The van der Waals surface area contributed by atoms with E-state index in [9.17, 15) is 25.3 Å². The van der Waals surface area contributed by atoms with E-state index in [0.717, 1.165) is 6.07 Å². The normalized spacial score (nSPS) is 11.3. The zero-order valence-electron chi connectivity index (χ0n) is 11.2. The molecular weight excluding hydrogens is 294 g/mol. The van der Waals surface area contributed by atoms with Crippen molar-refractivity contribution in [1.29, 1.82) is 0 Å². The maximum absolute atomic E-state index is 11.0. The first-order valence-electron chi connectivity index (χ1n) is 5.98. The lowest BCUT2D eigenvalue weighted by Gasteiger charge is -2.10. The maximum atomic E-state index is 11.0. The Hall–Kier alpha value is -2.91. The predicted molar refractivity (Wildman–Crippen MR) is 76.3 cm³/mol. The Morgan fingerprint density at radius 2 is 1.73 bits per heavy atom. The number of pyridine rings is 1. The highest BCUT2D eigenvalue weighted by Crippen LogP contribution is 2.28. The SMILES string of the molecule is O.O=[N+]([O-])c1ccc(C[C@H](O)c2ccncc2)c([N+](=O)[O-])c1. The quantitative estimate of drug-likeness (QED) is 0.650. The number of nitro benzene ring substituents is 2. The molecule has 9 nitrogen and oxygen atoms in total. The van der Waals surface area contributed by atoms with E-state index in [1.807, 2.05) is 0 Å². The molecule has 1 aromatic carbocycles. The van der Waals surface area contributed by atoms with Gasteiger partial charge >= 0.3 is 0 Å². The Labute approximate surface area is 124 Å². The molecule has 0 amide bonds. The van der Waals surface area contributed by atoms with Gasteiger partial charge in [-0.15, -0.1) is 0 Å². The van der Waals surface area contributed by atoms with Crippen LogP contribution in [0, 0.1) is 20.2 Å². The van der Waals surface area contributed by atoms with Crippen LogP contribution in [0.2, 0.25) is 0 Å². The van der Waals surface area contributed by atoms with Gasteiger partial charge in [-0.05, 0) is 23.8 Å². The van der Waals surface area contributed by atoms with Crippen molar-refractivity contribution in [3.63, 3.8) is 0 Å².